The summed E-state index contributed by atoms with van der Waals surface area (Å²) in [6.07, 6.45) is 8.03. The van der Waals surface area contributed by atoms with Crippen molar-refractivity contribution >= 4 is 11.6 Å². The molecule has 1 saturated carbocycles. The van der Waals surface area contributed by atoms with Crippen LogP contribution in [0.2, 0.25) is 0 Å². The third-order valence-corrected chi connectivity index (χ3v) is 3.67. The highest BCUT2D eigenvalue weighted by molar-refractivity contribution is 6.17. The van der Waals surface area contributed by atoms with Crippen molar-refractivity contribution < 1.29 is 5.11 Å². The zero-order chi connectivity index (χ0) is 11.1. The highest BCUT2D eigenvalue weighted by atomic mass is 35.5. The number of hydrogen-bond donors (Lipinski definition) is 1. The number of likely N-dealkylation sites (N-methyl/N-ethyl adjacent to an activating group) is 1. The van der Waals surface area contributed by atoms with Gasteiger partial charge in [-0.25, -0.2) is 0 Å². The third kappa shape index (κ3) is 4.71. The maximum atomic E-state index is 9.88. The molecule has 0 saturated heterocycles. The highest BCUT2D eigenvalue weighted by Crippen LogP contribution is 2.22. The van der Waals surface area contributed by atoms with E-state index in [1.54, 1.807) is 0 Å². The minimum absolute atomic E-state index is 0.100. The molecule has 0 bridgehead atoms. The molecular formula is C12H24ClNO. The van der Waals surface area contributed by atoms with Crippen LogP contribution in [0.5, 0.6) is 0 Å². The van der Waals surface area contributed by atoms with E-state index < -0.39 is 0 Å². The van der Waals surface area contributed by atoms with Gasteiger partial charge in [-0.15, -0.1) is 11.6 Å². The summed E-state index contributed by atoms with van der Waals surface area (Å²) in [6.45, 7) is 1.10. The van der Waals surface area contributed by atoms with Crippen LogP contribution in [0.15, 0.2) is 0 Å². The number of alkyl halides is 1. The Labute approximate surface area is 98.6 Å². The molecule has 2 atom stereocenters. The van der Waals surface area contributed by atoms with Gasteiger partial charge >= 0.3 is 0 Å². The lowest BCUT2D eigenvalue weighted by Crippen LogP contribution is -2.43. The minimum atomic E-state index is -0.100. The van der Waals surface area contributed by atoms with Gasteiger partial charge < -0.3 is 10.0 Å². The molecular weight excluding hydrogens is 210 g/mol. The lowest BCUT2D eigenvalue weighted by atomic mass is 9.91. The van der Waals surface area contributed by atoms with Crippen molar-refractivity contribution in [3.63, 3.8) is 0 Å². The van der Waals surface area contributed by atoms with Crippen LogP contribution >= 0.6 is 11.6 Å². The Bertz CT molecular complexity index is 166. The first kappa shape index (κ1) is 13.3. The first-order chi connectivity index (χ1) is 7.25. The van der Waals surface area contributed by atoms with E-state index in [0.717, 1.165) is 31.7 Å². The van der Waals surface area contributed by atoms with Crippen molar-refractivity contribution in [2.45, 2.75) is 57.1 Å². The fourth-order valence-corrected chi connectivity index (χ4v) is 2.59. The molecule has 3 heteroatoms. The molecule has 0 aromatic rings. The summed E-state index contributed by atoms with van der Waals surface area (Å²) < 4.78 is 0. The van der Waals surface area contributed by atoms with Gasteiger partial charge in [-0.3, -0.25) is 0 Å². The van der Waals surface area contributed by atoms with Crippen LogP contribution in [0.4, 0.5) is 0 Å². The van der Waals surface area contributed by atoms with E-state index in [1.165, 1.54) is 25.7 Å². The van der Waals surface area contributed by atoms with Crippen molar-refractivity contribution in [1.82, 2.24) is 4.90 Å². The Hall–Kier alpha value is 0.210. The van der Waals surface area contributed by atoms with Gasteiger partial charge in [0.25, 0.3) is 0 Å². The zero-order valence-corrected chi connectivity index (χ0v) is 10.5. The number of rotatable bonds is 6. The molecule has 2 unspecified atom stereocenters. The second-order valence-electron chi connectivity index (χ2n) is 4.65. The Kier molecular flexibility index (Phi) is 6.62. The summed E-state index contributed by atoms with van der Waals surface area (Å²) >= 11 is 5.64. The number of hydrogen-bond acceptors (Lipinski definition) is 2. The second kappa shape index (κ2) is 7.48. The number of unbranched alkanes of at least 4 members (excludes halogenated alkanes) is 2. The van der Waals surface area contributed by atoms with Gasteiger partial charge in [-0.1, -0.05) is 19.3 Å². The number of aliphatic hydroxyl groups excluding tert-OH is 1. The van der Waals surface area contributed by atoms with Gasteiger partial charge in [-0.2, -0.15) is 0 Å². The highest BCUT2D eigenvalue weighted by Gasteiger charge is 2.25. The molecule has 0 aliphatic heterocycles. The fraction of sp³-hybridized carbons (Fsp3) is 1.00. The number of nitrogens with zero attached hydrogens (tertiary/aromatic N) is 1. The van der Waals surface area contributed by atoms with Crippen LogP contribution in [-0.2, 0) is 0 Å². The van der Waals surface area contributed by atoms with Crippen molar-refractivity contribution in [1.29, 1.82) is 0 Å². The van der Waals surface area contributed by atoms with Gasteiger partial charge in [0.1, 0.15) is 0 Å². The van der Waals surface area contributed by atoms with Crippen LogP contribution in [0.1, 0.15) is 44.9 Å². The normalized spacial score (nSPS) is 27.2. The van der Waals surface area contributed by atoms with Crippen LogP contribution in [0.3, 0.4) is 0 Å². The first-order valence-corrected chi connectivity index (χ1v) is 6.73. The van der Waals surface area contributed by atoms with Crippen LogP contribution in [0, 0.1) is 0 Å². The predicted octanol–water partition coefficient (Wildman–Crippen LogP) is 2.63. The maximum Gasteiger partial charge on any atom is 0.0695 e. The van der Waals surface area contributed by atoms with E-state index in [0.29, 0.717) is 6.04 Å². The molecule has 90 valence electrons. The molecule has 0 aromatic heterocycles. The Morgan fingerprint density at radius 3 is 2.60 bits per heavy atom. The largest absolute Gasteiger partial charge is 0.391 e. The SMILES string of the molecule is CN(CCCCCCl)C1CCCCC1O. The summed E-state index contributed by atoms with van der Waals surface area (Å²) in [7, 11) is 2.14. The van der Waals surface area contributed by atoms with E-state index in [-0.39, 0.29) is 6.10 Å². The van der Waals surface area contributed by atoms with Crippen molar-refractivity contribution in [2.75, 3.05) is 19.5 Å². The molecule has 1 fully saturated rings. The second-order valence-corrected chi connectivity index (χ2v) is 5.03. The molecule has 15 heavy (non-hydrogen) atoms. The Balaban J connectivity index is 2.16. The summed E-state index contributed by atoms with van der Waals surface area (Å²) in [5.41, 5.74) is 0. The molecule has 1 N–H and O–H groups in total. The molecule has 0 amide bonds. The van der Waals surface area contributed by atoms with E-state index in [9.17, 15) is 5.11 Å². The molecule has 1 aliphatic rings. The summed E-state index contributed by atoms with van der Waals surface area (Å²) in [6, 6.07) is 0.398. The summed E-state index contributed by atoms with van der Waals surface area (Å²) in [4.78, 5) is 2.33. The fourth-order valence-electron chi connectivity index (χ4n) is 2.40. The van der Waals surface area contributed by atoms with Gasteiger partial charge in [0, 0.05) is 11.9 Å². The van der Waals surface area contributed by atoms with E-state index >= 15 is 0 Å². The van der Waals surface area contributed by atoms with E-state index in [2.05, 4.69) is 11.9 Å². The standard InChI is InChI=1S/C12H24ClNO/c1-14(10-6-2-5-9-13)11-7-3-4-8-12(11)15/h11-12,15H,2-10H2,1H3. The maximum absolute atomic E-state index is 9.88. The van der Waals surface area contributed by atoms with E-state index in [4.69, 9.17) is 11.6 Å². The van der Waals surface area contributed by atoms with Crippen LogP contribution in [0.25, 0.3) is 0 Å². The first-order valence-electron chi connectivity index (χ1n) is 6.20. The summed E-state index contributed by atoms with van der Waals surface area (Å²) in [5.74, 6) is 0.774. The smallest absolute Gasteiger partial charge is 0.0695 e. The predicted molar refractivity (Wildman–Crippen MR) is 65.5 cm³/mol. The zero-order valence-electron chi connectivity index (χ0n) is 9.79. The topological polar surface area (TPSA) is 23.5 Å². The average Bonchev–Trinajstić information content (AvgIpc) is 2.25. The third-order valence-electron chi connectivity index (χ3n) is 3.40. The van der Waals surface area contributed by atoms with Gasteiger partial charge in [0.2, 0.25) is 0 Å². The summed E-state index contributed by atoms with van der Waals surface area (Å²) in [5, 5.41) is 9.88. The minimum Gasteiger partial charge on any atom is -0.391 e. The molecule has 0 radical (unpaired) electrons. The van der Waals surface area contributed by atoms with Crippen LogP contribution in [-0.4, -0.2) is 41.6 Å². The lowest BCUT2D eigenvalue weighted by molar-refractivity contribution is 0.0316. The van der Waals surface area contributed by atoms with Crippen molar-refractivity contribution in [2.24, 2.45) is 0 Å². The lowest BCUT2D eigenvalue weighted by Gasteiger charge is -2.35. The van der Waals surface area contributed by atoms with Gasteiger partial charge in [-0.05, 0) is 39.3 Å². The molecule has 1 aliphatic carbocycles. The molecule has 2 nitrogen and oxygen atoms in total. The molecule has 1 rings (SSSR count). The van der Waals surface area contributed by atoms with Gasteiger partial charge in [0.05, 0.1) is 6.10 Å². The van der Waals surface area contributed by atoms with Gasteiger partial charge in [0.15, 0.2) is 0 Å². The Morgan fingerprint density at radius 2 is 1.93 bits per heavy atom. The number of halogens is 1. The van der Waals surface area contributed by atoms with Crippen LogP contribution < -0.4 is 0 Å². The monoisotopic (exact) mass is 233 g/mol. The van der Waals surface area contributed by atoms with Crippen molar-refractivity contribution in [3.8, 4) is 0 Å². The Morgan fingerprint density at radius 1 is 1.20 bits per heavy atom. The number of aliphatic hydroxyl groups is 1. The molecule has 0 spiro atoms. The van der Waals surface area contributed by atoms with Crippen molar-refractivity contribution in [3.05, 3.63) is 0 Å². The molecule has 0 aromatic carbocycles. The average molecular weight is 234 g/mol. The van der Waals surface area contributed by atoms with E-state index in [1.807, 2.05) is 0 Å². The quantitative estimate of drug-likeness (QED) is 0.563. The molecule has 0 heterocycles.